The van der Waals surface area contributed by atoms with Gasteiger partial charge < -0.3 is 19.4 Å². The van der Waals surface area contributed by atoms with Gasteiger partial charge in [-0.1, -0.05) is 242 Å². The van der Waals surface area contributed by atoms with Crippen LogP contribution in [0.2, 0.25) is 0 Å². The first-order chi connectivity index (χ1) is 46.8. The molecule has 6 nitrogen and oxygen atoms in total. The minimum absolute atomic E-state index is 0.280. The van der Waals surface area contributed by atoms with E-state index in [1.807, 2.05) is 12.1 Å². The Labute approximate surface area is 563 Å². The summed E-state index contributed by atoms with van der Waals surface area (Å²) in [6.07, 6.45) is 0. The van der Waals surface area contributed by atoms with Gasteiger partial charge in [-0.15, -0.1) is 0 Å². The largest absolute Gasteiger partial charge is 0.458 e. The highest BCUT2D eigenvalue weighted by Gasteiger charge is 2.49. The lowest BCUT2D eigenvalue weighted by Crippen LogP contribution is -2.64. The number of hydrogen-bond acceptors (Lipinski definition) is 6. The van der Waals surface area contributed by atoms with E-state index in [4.69, 9.17) is 4.74 Å². The highest BCUT2D eigenvalue weighted by Crippen LogP contribution is 2.53. The summed E-state index contributed by atoms with van der Waals surface area (Å²) in [5, 5.41) is 21.4. The molecule has 96 heavy (non-hydrogen) atoms. The zero-order chi connectivity index (χ0) is 65.1. The normalized spacial score (nSPS) is 13.1. The van der Waals surface area contributed by atoms with Gasteiger partial charge in [0.1, 0.15) is 11.5 Å². The maximum atomic E-state index is 10.8. The number of hydrogen-bond donors (Lipinski definition) is 0. The highest BCUT2D eigenvalue weighted by atomic mass is 16.5. The fraction of sp³-hybridized carbons (Fsp3) is 0.0909. The monoisotopic (exact) mass is 1230 g/mol. The Kier molecular flexibility index (Phi) is 13.6. The summed E-state index contributed by atoms with van der Waals surface area (Å²) in [7, 11) is 0. The number of para-hydroxylation sites is 1. The second-order valence-corrected chi connectivity index (χ2v) is 27.8. The molecule has 0 saturated heterocycles. The molecule has 0 aliphatic carbocycles. The fourth-order valence-corrected chi connectivity index (χ4v) is 15.3. The quantitative estimate of drug-likeness (QED) is 0.141. The maximum absolute atomic E-state index is 10.8. The number of anilines is 9. The van der Waals surface area contributed by atoms with Crippen LogP contribution in [0.1, 0.15) is 63.8 Å². The van der Waals surface area contributed by atoms with Crippen molar-refractivity contribution in [2.45, 2.75) is 52.4 Å². The van der Waals surface area contributed by atoms with Crippen LogP contribution in [0.4, 0.5) is 51.2 Å². The Morgan fingerprint density at radius 1 is 0.281 bits per heavy atom. The molecule has 4 aliphatic rings. The first kappa shape index (κ1) is 58.0. The lowest BCUT2D eigenvalue weighted by Gasteiger charge is -2.47. The Hall–Kier alpha value is -11.8. The zero-order valence-electron chi connectivity index (χ0n) is 54.4. The lowest BCUT2D eigenvalue weighted by atomic mass is 9.30. The Balaban J connectivity index is 1.04. The van der Waals surface area contributed by atoms with Crippen molar-refractivity contribution < 1.29 is 4.74 Å². The molecule has 0 aromatic heterocycles. The van der Waals surface area contributed by atoms with Gasteiger partial charge in [0.25, 0.3) is 13.4 Å². The van der Waals surface area contributed by atoms with Crippen LogP contribution >= 0.6 is 0 Å². The van der Waals surface area contributed by atoms with Crippen molar-refractivity contribution in [3.05, 3.63) is 307 Å². The summed E-state index contributed by atoms with van der Waals surface area (Å²) >= 11 is 0. The van der Waals surface area contributed by atoms with Crippen LogP contribution in [0.5, 0.6) is 11.5 Å². The third kappa shape index (κ3) is 9.46. The van der Waals surface area contributed by atoms with E-state index in [9.17, 15) is 10.5 Å². The molecule has 4 aliphatic heterocycles. The van der Waals surface area contributed by atoms with E-state index in [1.54, 1.807) is 0 Å². The summed E-state index contributed by atoms with van der Waals surface area (Å²) in [6, 6.07) is 108. The molecule has 0 atom stereocenters. The van der Waals surface area contributed by atoms with E-state index < -0.39 is 0 Å². The fourth-order valence-electron chi connectivity index (χ4n) is 15.3. The molecule has 0 spiro atoms. The Morgan fingerprint density at radius 3 is 1.17 bits per heavy atom. The van der Waals surface area contributed by atoms with E-state index in [1.165, 1.54) is 16.5 Å². The predicted molar refractivity (Wildman–Crippen MR) is 400 cm³/mol. The van der Waals surface area contributed by atoms with Crippen LogP contribution in [-0.4, -0.2) is 13.4 Å². The van der Waals surface area contributed by atoms with E-state index >= 15 is 0 Å². The minimum Gasteiger partial charge on any atom is -0.458 e. The number of nitriles is 2. The smallest absolute Gasteiger partial charge is 0.256 e. The third-order valence-electron chi connectivity index (χ3n) is 20.0. The standard InChI is InChI=1S/C88H65B2N5O/c1-87(2,3)65-48-80-85-81(49-65)94(75-42-36-56(54-91)44-68(75)61-30-18-10-19-31-61)77-46-63(58-24-12-7-13-25-58)38-40-70(77)89(85)72-52-73-79(53-78(72)93(80)74-35-23-22-34-67(74)60-28-16-9-17-29-60)95(76-43-37-57(55-92)45-69(76)62-32-20-11-21-33-62)82-50-66(88(4,5)6)51-84-86(82)90(73)71-41-39-64(47-83(71)96-84)59-26-14-8-15-27-59/h7-53H,1-6H3. The minimum atomic E-state index is -0.324. The first-order valence-corrected chi connectivity index (χ1v) is 33.1. The molecule has 17 rings (SSSR count). The Bertz CT molecular complexity index is 5400. The third-order valence-corrected chi connectivity index (χ3v) is 20.0. The summed E-state index contributed by atoms with van der Waals surface area (Å²) in [5.74, 6) is 1.66. The molecule has 8 heteroatoms. The number of nitrogens with zero attached hydrogens (tertiary/aromatic N) is 5. The van der Waals surface area contributed by atoms with E-state index in [2.05, 4.69) is 341 Å². The summed E-state index contributed by atoms with van der Waals surface area (Å²) in [6.45, 7) is 13.2. The molecule has 13 aromatic carbocycles. The maximum Gasteiger partial charge on any atom is 0.256 e. The van der Waals surface area contributed by atoms with Crippen LogP contribution in [0, 0.1) is 22.7 Å². The van der Waals surface area contributed by atoms with Crippen LogP contribution < -0.4 is 52.2 Å². The summed E-state index contributed by atoms with van der Waals surface area (Å²) < 4.78 is 7.47. The molecule has 0 saturated carbocycles. The average Bonchev–Trinajstić information content (AvgIpc) is 0.685. The van der Waals surface area contributed by atoms with Gasteiger partial charge in [-0.05, 0) is 179 Å². The second kappa shape index (κ2) is 22.4. The van der Waals surface area contributed by atoms with Gasteiger partial charge in [0.2, 0.25) is 0 Å². The van der Waals surface area contributed by atoms with Crippen LogP contribution in [0.3, 0.4) is 0 Å². The van der Waals surface area contributed by atoms with Gasteiger partial charge in [-0.25, -0.2) is 0 Å². The van der Waals surface area contributed by atoms with Crippen molar-refractivity contribution in [2.75, 3.05) is 14.7 Å². The molecule has 4 heterocycles. The average molecular weight is 1230 g/mol. The van der Waals surface area contributed by atoms with Crippen LogP contribution in [-0.2, 0) is 10.8 Å². The summed E-state index contributed by atoms with van der Waals surface area (Å²) in [5.41, 5.74) is 29.6. The van der Waals surface area contributed by atoms with Gasteiger partial charge in [0, 0.05) is 50.8 Å². The number of benzene rings is 13. The molecular weight excluding hydrogens is 1160 g/mol. The molecule has 0 unspecified atom stereocenters. The Morgan fingerprint density at radius 2 is 0.677 bits per heavy atom. The van der Waals surface area contributed by atoms with Crippen molar-refractivity contribution >= 4 is 97.4 Å². The molecule has 13 aromatic rings. The van der Waals surface area contributed by atoms with Crippen molar-refractivity contribution in [1.29, 1.82) is 10.5 Å². The molecule has 0 bridgehead atoms. The SMILES string of the molecule is CC(C)(C)c1cc2c3c(c1)N(c1ccc(C#N)cc1-c1ccccc1)c1cc4c(cc1B3c1ccc(-c3ccccc3)cc1O2)B1c2ccc(-c3ccccc3)cc2N(c2ccc(C#N)cc2-c2ccccc2)c2cc(C(C)(C)C)cc(c21)N4c1ccccc1-c1ccccc1. The van der Waals surface area contributed by atoms with Crippen LogP contribution in [0.15, 0.2) is 285 Å². The predicted octanol–water partition coefficient (Wildman–Crippen LogP) is 18.8. The zero-order valence-corrected chi connectivity index (χ0v) is 54.4. The molecule has 0 N–H and O–H groups in total. The molecule has 454 valence electrons. The molecule has 0 fully saturated rings. The first-order valence-electron chi connectivity index (χ1n) is 33.1. The highest BCUT2D eigenvalue weighted by molar-refractivity contribution is 7.02. The molecular formula is C88H65B2N5O. The molecule has 0 amide bonds. The van der Waals surface area contributed by atoms with Gasteiger partial charge in [0.05, 0.1) is 40.3 Å². The van der Waals surface area contributed by atoms with Crippen molar-refractivity contribution in [3.8, 4) is 79.3 Å². The molecule has 0 radical (unpaired) electrons. The number of fused-ring (bicyclic) bond motifs is 8. The van der Waals surface area contributed by atoms with E-state index in [0.717, 1.165) is 146 Å². The van der Waals surface area contributed by atoms with Crippen LogP contribution in [0.25, 0.3) is 55.6 Å². The summed E-state index contributed by atoms with van der Waals surface area (Å²) in [4.78, 5) is 7.61. The number of rotatable bonds is 8. The van der Waals surface area contributed by atoms with E-state index in [0.29, 0.717) is 11.1 Å². The van der Waals surface area contributed by atoms with Gasteiger partial charge in [-0.3, -0.25) is 0 Å². The second-order valence-electron chi connectivity index (χ2n) is 27.8. The van der Waals surface area contributed by atoms with Gasteiger partial charge in [-0.2, -0.15) is 10.5 Å². The van der Waals surface area contributed by atoms with Crippen molar-refractivity contribution in [2.24, 2.45) is 0 Å². The van der Waals surface area contributed by atoms with E-state index in [-0.39, 0.29) is 24.3 Å². The van der Waals surface area contributed by atoms with Gasteiger partial charge in [0.15, 0.2) is 0 Å². The topological polar surface area (TPSA) is 66.5 Å². The van der Waals surface area contributed by atoms with Crippen molar-refractivity contribution in [3.63, 3.8) is 0 Å². The van der Waals surface area contributed by atoms with Gasteiger partial charge >= 0.3 is 0 Å². The lowest BCUT2D eigenvalue weighted by molar-refractivity contribution is 0.483. The van der Waals surface area contributed by atoms with Crippen molar-refractivity contribution in [1.82, 2.24) is 0 Å². The number of ether oxygens (including phenoxy) is 1.